The average molecular weight is 549 g/mol. The average Bonchev–Trinajstić information content (AvgIpc) is 3.27. The topological polar surface area (TPSA) is 12.9 Å². The molecule has 0 spiro atoms. The summed E-state index contributed by atoms with van der Waals surface area (Å²) in [5.41, 5.74) is 2.35. The molecule has 2 aromatic rings. The van der Waals surface area contributed by atoms with Gasteiger partial charge < -0.3 is 4.98 Å². The fourth-order valence-corrected chi connectivity index (χ4v) is 2.42. The molecule has 4 rings (SSSR count). The first-order chi connectivity index (χ1) is 14.1. The van der Waals surface area contributed by atoms with E-state index < -0.39 is 14.3 Å². The Hall–Kier alpha value is -1.56. The molecular formula is C22H25Cl2CrF5NSi-2. The molecule has 1 aromatic carbocycles. The number of fused-ring (bicyclic) bond motifs is 1. The predicted octanol–water partition coefficient (Wildman–Crippen LogP) is 8.71. The summed E-state index contributed by atoms with van der Waals surface area (Å²) in [6.45, 7) is 4.31. The van der Waals surface area contributed by atoms with Crippen molar-refractivity contribution >= 4 is 45.2 Å². The number of hydrogen-bond acceptors (Lipinski definition) is 1. The molecule has 2 aliphatic rings. The number of pyridine rings is 1. The number of para-hydroxylation sites is 1. The Balaban J connectivity index is 0. The van der Waals surface area contributed by atoms with Gasteiger partial charge in [-0.3, -0.25) is 6.08 Å². The van der Waals surface area contributed by atoms with Gasteiger partial charge in [0.2, 0.25) is 0 Å². The Labute approximate surface area is 204 Å². The van der Waals surface area contributed by atoms with Gasteiger partial charge in [0, 0.05) is 15.7 Å². The minimum absolute atomic E-state index is 0. The van der Waals surface area contributed by atoms with Gasteiger partial charge in [-0.2, -0.15) is 6.08 Å². The Morgan fingerprint density at radius 2 is 1.56 bits per heavy atom. The van der Waals surface area contributed by atoms with Gasteiger partial charge in [0.1, 0.15) is 0 Å². The Morgan fingerprint density at radius 1 is 0.938 bits per heavy atom. The Bertz CT molecular complexity index is 880. The van der Waals surface area contributed by atoms with Crippen LogP contribution in [0.3, 0.4) is 0 Å². The van der Waals surface area contributed by atoms with E-state index in [1.54, 1.807) is 0 Å². The maximum atomic E-state index is 9.88. The molecule has 1 aromatic heterocycles. The van der Waals surface area contributed by atoms with Crippen molar-refractivity contribution in [2.24, 2.45) is 0 Å². The molecule has 0 unspecified atom stereocenters. The number of benzene rings is 1. The third-order valence-electron chi connectivity index (χ3n) is 3.45. The van der Waals surface area contributed by atoms with Crippen molar-refractivity contribution in [1.29, 1.82) is 0 Å². The van der Waals surface area contributed by atoms with Gasteiger partial charge >= 0.3 is 31.9 Å². The van der Waals surface area contributed by atoms with Crippen LogP contribution in [0.1, 0.15) is 18.4 Å². The van der Waals surface area contributed by atoms with E-state index >= 15 is 0 Å². The third-order valence-corrected chi connectivity index (χ3v) is 3.45. The number of nitrogens with zero attached hydrogens (tertiary/aromatic N) is 1. The monoisotopic (exact) mass is 548 g/mol. The number of halogens is 7. The molecule has 0 atom stereocenters. The summed E-state index contributed by atoms with van der Waals surface area (Å²) in [6, 6.07) is 10.4. The summed E-state index contributed by atoms with van der Waals surface area (Å²) < 4.78 is 49.4. The molecule has 2 aliphatic carbocycles. The van der Waals surface area contributed by atoms with Crippen LogP contribution < -0.4 is 0 Å². The van der Waals surface area contributed by atoms with Crippen LogP contribution in [0.25, 0.3) is 10.9 Å². The Kier molecular flexibility index (Phi) is 16.4. The SMILES string of the molecule is C1=CC[C-](c2cccc3cccnc23)C=C1.C[Si]C.Cl.Cl.[C-]1=CC=CC1.[F][Cr]([F])([F])([F])[F]. The summed E-state index contributed by atoms with van der Waals surface area (Å²) in [7, 11) is 1.08. The maximum absolute atomic E-state index is 9.88. The van der Waals surface area contributed by atoms with Crippen LogP contribution in [-0.4, -0.2) is 14.5 Å². The molecule has 2 radical (unpaired) electrons. The molecule has 0 aliphatic heterocycles. The number of allylic oxidation sites excluding steroid dienone is 8. The first-order valence-corrected chi connectivity index (χ1v) is 13.4. The quantitative estimate of drug-likeness (QED) is 0.197. The van der Waals surface area contributed by atoms with Crippen molar-refractivity contribution in [3.05, 3.63) is 96.6 Å². The number of rotatable bonds is 1. The van der Waals surface area contributed by atoms with E-state index in [2.05, 4.69) is 78.8 Å². The fraction of sp³-hybridized carbons (Fsp3) is 0.182. The second-order valence-electron chi connectivity index (χ2n) is 5.98. The van der Waals surface area contributed by atoms with Crippen molar-refractivity contribution in [3.8, 4) is 0 Å². The zero-order valence-electron chi connectivity index (χ0n) is 17.5. The molecule has 0 bridgehead atoms. The van der Waals surface area contributed by atoms with Gasteiger partial charge in [-0.15, -0.1) is 73.1 Å². The molecule has 0 saturated carbocycles. The molecule has 0 fully saturated rings. The summed E-state index contributed by atoms with van der Waals surface area (Å²) in [6.07, 6.45) is 21.4. The summed E-state index contributed by atoms with van der Waals surface area (Å²) in [5.74, 6) is 1.34. The van der Waals surface area contributed by atoms with Crippen LogP contribution in [0.4, 0.5) is 17.6 Å². The van der Waals surface area contributed by atoms with E-state index in [9.17, 15) is 17.6 Å². The molecule has 0 amide bonds. The molecule has 1 heterocycles. The van der Waals surface area contributed by atoms with E-state index in [1.807, 2.05) is 24.4 Å². The van der Waals surface area contributed by atoms with Crippen LogP contribution in [0.5, 0.6) is 0 Å². The van der Waals surface area contributed by atoms with Crippen molar-refractivity contribution < 1.29 is 31.9 Å². The summed E-state index contributed by atoms with van der Waals surface area (Å²) >= 11 is -8.88. The van der Waals surface area contributed by atoms with Gasteiger partial charge in [-0.1, -0.05) is 31.3 Å². The van der Waals surface area contributed by atoms with Crippen LogP contribution in [-0.2, 0) is 14.3 Å². The second kappa shape index (κ2) is 16.1. The van der Waals surface area contributed by atoms with Crippen LogP contribution in [0.15, 0.2) is 79.1 Å². The molecule has 10 heteroatoms. The van der Waals surface area contributed by atoms with E-state index in [4.69, 9.17) is 0 Å². The predicted molar refractivity (Wildman–Crippen MR) is 126 cm³/mol. The van der Waals surface area contributed by atoms with Crippen LogP contribution >= 0.6 is 24.8 Å². The fourth-order valence-electron chi connectivity index (χ4n) is 2.42. The molecule has 32 heavy (non-hydrogen) atoms. The van der Waals surface area contributed by atoms with E-state index in [-0.39, 0.29) is 24.8 Å². The van der Waals surface area contributed by atoms with Gasteiger partial charge in [-0.05, 0) is 23.4 Å². The summed E-state index contributed by atoms with van der Waals surface area (Å²) in [4.78, 5) is 4.48. The van der Waals surface area contributed by atoms with Gasteiger partial charge in [0.15, 0.2) is 0 Å². The second-order valence-corrected chi connectivity index (χ2v) is 8.81. The molecule has 0 saturated heterocycles. The molecule has 1 nitrogen and oxygen atoms in total. The molecular weight excluding hydrogens is 524 g/mol. The third kappa shape index (κ3) is 16.1. The van der Waals surface area contributed by atoms with Crippen molar-refractivity contribution in [3.63, 3.8) is 0 Å². The normalized spacial score (nSPS) is 14.2. The van der Waals surface area contributed by atoms with E-state index in [0.29, 0.717) is 0 Å². The van der Waals surface area contributed by atoms with Crippen molar-refractivity contribution in [1.82, 2.24) is 4.98 Å². The molecule has 179 valence electrons. The van der Waals surface area contributed by atoms with Crippen LogP contribution in [0, 0.1) is 12.0 Å². The first kappa shape index (κ1) is 32.6. The van der Waals surface area contributed by atoms with E-state index in [0.717, 1.165) is 27.9 Å². The summed E-state index contributed by atoms with van der Waals surface area (Å²) in [5, 5.41) is 1.20. The van der Waals surface area contributed by atoms with Gasteiger partial charge in [-0.25, -0.2) is 12.2 Å². The zero-order valence-corrected chi connectivity index (χ0v) is 21.4. The van der Waals surface area contributed by atoms with Gasteiger partial charge in [0.25, 0.3) is 0 Å². The first-order valence-electron chi connectivity index (χ1n) is 8.97. The van der Waals surface area contributed by atoms with Crippen LogP contribution in [0.2, 0.25) is 13.1 Å². The Morgan fingerprint density at radius 3 is 2.03 bits per heavy atom. The molecule has 0 N–H and O–H groups in total. The van der Waals surface area contributed by atoms with E-state index in [1.165, 1.54) is 16.9 Å². The van der Waals surface area contributed by atoms with Crippen molar-refractivity contribution in [2.75, 3.05) is 0 Å². The minimum atomic E-state index is -8.88. The number of hydrogen-bond donors (Lipinski definition) is 0. The zero-order chi connectivity index (χ0) is 22.5. The van der Waals surface area contributed by atoms with Gasteiger partial charge in [0.05, 0.1) is 0 Å². The standard InChI is InChI=1S/C15H12N.C5H5.C2H6Si.2ClH.Cr.5FH/c1-2-6-12(7-3-1)14-10-4-8-13-9-5-11-16-15(13)14;1-2-4-5-3-1;1-3-2;;;;;;;;/h1-6,8-11H,7H2;1-3H,4H2;1-2H3;2*1H;;5*1H/q2*-1;;;;+5;;;;;/p-5. The number of aromatic nitrogens is 1. The van der Waals surface area contributed by atoms with Crippen molar-refractivity contribution in [2.45, 2.75) is 25.9 Å².